The maximum atomic E-state index is 13.8. The van der Waals surface area contributed by atoms with Crippen molar-refractivity contribution >= 4 is 15.9 Å². The Bertz CT molecular complexity index is 1120. The van der Waals surface area contributed by atoms with Crippen molar-refractivity contribution in [3.05, 3.63) is 66.0 Å². The Hall–Kier alpha value is -2.33. The van der Waals surface area contributed by atoms with Gasteiger partial charge in [0.1, 0.15) is 12.4 Å². The number of sulfonamides is 1. The number of amides is 1. The van der Waals surface area contributed by atoms with Crippen molar-refractivity contribution in [1.29, 1.82) is 0 Å². The van der Waals surface area contributed by atoms with Crippen molar-refractivity contribution in [1.82, 2.24) is 14.5 Å². The molecule has 1 heterocycles. The summed E-state index contributed by atoms with van der Waals surface area (Å²) in [6.45, 7) is 0.556. The summed E-state index contributed by atoms with van der Waals surface area (Å²) in [5.74, 6) is 0.00249. The zero-order valence-electron chi connectivity index (χ0n) is 21.0. The fourth-order valence-corrected chi connectivity index (χ4v) is 7.03. The highest BCUT2D eigenvalue weighted by Crippen LogP contribution is 2.37. The van der Waals surface area contributed by atoms with Gasteiger partial charge in [-0.1, -0.05) is 30.3 Å². The maximum absolute atomic E-state index is 13.8. The first-order chi connectivity index (χ1) is 17.2. The molecule has 2 atom stereocenters. The van der Waals surface area contributed by atoms with Crippen LogP contribution in [0.15, 0.2) is 59.5 Å². The van der Waals surface area contributed by atoms with Crippen LogP contribution in [0.25, 0.3) is 0 Å². The molecule has 0 aromatic heterocycles. The molecule has 2 unspecified atom stereocenters. The van der Waals surface area contributed by atoms with E-state index in [0.717, 1.165) is 31.2 Å². The van der Waals surface area contributed by atoms with Crippen molar-refractivity contribution in [3.8, 4) is 0 Å². The first-order valence-corrected chi connectivity index (χ1v) is 14.1. The van der Waals surface area contributed by atoms with Gasteiger partial charge >= 0.3 is 0 Å². The maximum Gasteiger partial charge on any atom is 0.246 e. The number of hydrogen-bond donors (Lipinski definition) is 1. The van der Waals surface area contributed by atoms with Crippen molar-refractivity contribution in [3.63, 3.8) is 0 Å². The van der Waals surface area contributed by atoms with E-state index in [2.05, 4.69) is 10.2 Å². The molecule has 1 aliphatic heterocycles. The van der Waals surface area contributed by atoms with Crippen LogP contribution in [0.2, 0.25) is 0 Å². The lowest BCUT2D eigenvalue weighted by atomic mass is 9.78. The minimum atomic E-state index is -3.55. The molecule has 2 fully saturated rings. The number of hydrogen-bond acceptors (Lipinski definition) is 5. The van der Waals surface area contributed by atoms with Crippen molar-refractivity contribution in [2.75, 3.05) is 33.8 Å². The predicted octanol–water partition coefficient (Wildman–Crippen LogP) is 3.58. The van der Waals surface area contributed by atoms with E-state index < -0.39 is 10.0 Å². The number of halogens is 1. The molecule has 7 nitrogen and oxygen atoms in total. The summed E-state index contributed by atoms with van der Waals surface area (Å²) in [5, 5.41) is 3.08. The predicted molar refractivity (Wildman–Crippen MR) is 136 cm³/mol. The summed E-state index contributed by atoms with van der Waals surface area (Å²) in [4.78, 5) is 15.0. The molecule has 1 saturated carbocycles. The number of carbonyl (C=O) groups is 1. The van der Waals surface area contributed by atoms with E-state index >= 15 is 0 Å². The molecule has 0 spiro atoms. The molecule has 1 amide bonds. The van der Waals surface area contributed by atoms with Crippen LogP contribution in [0.1, 0.15) is 43.7 Å². The van der Waals surface area contributed by atoms with Gasteiger partial charge in [-0.2, -0.15) is 4.31 Å². The van der Waals surface area contributed by atoms with Crippen LogP contribution in [-0.2, 0) is 19.6 Å². The van der Waals surface area contributed by atoms with E-state index in [1.807, 2.05) is 20.2 Å². The van der Waals surface area contributed by atoms with Crippen LogP contribution < -0.4 is 5.32 Å². The highest BCUT2D eigenvalue weighted by Gasteiger charge is 2.34. The Morgan fingerprint density at radius 1 is 1.08 bits per heavy atom. The quantitative estimate of drug-likeness (QED) is 0.550. The third-order valence-corrected chi connectivity index (χ3v) is 9.15. The number of nitrogens with zero attached hydrogens (tertiary/aromatic N) is 2. The summed E-state index contributed by atoms with van der Waals surface area (Å²) in [5.41, 5.74) is 0.987. The van der Waals surface area contributed by atoms with Crippen LogP contribution >= 0.6 is 0 Å². The van der Waals surface area contributed by atoms with Crippen LogP contribution in [-0.4, -0.2) is 69.5 Å². The number of benzene rings is 2. The van der Waals surface area contributed by atoms with Gasteiger partial charge in [-0.3, -0.25) is 4.79 Å². The molecular weight excluding hydrogens is 481 g/mol. The summed E-state index contributed by atoms with van der Waals surface area (Å²) >= 11 is 0. The van der Waals surface area contributed by atoms with E-state index in [0.29, 0.717) is 18.9 Å². The summed E-state index contributed by atoms with van der Waals surface area (Å²) < 4.78 is 46.5. The Morgan fingerprint density at radius 2 is 1.81 bits per heavy atom. The average molecular weight is 518 g/mol. The van der Waals surface area contributed by atoms with Gasteiger partial charge in [0.15, 0.2) is 0 Å². The van der Waals surface area contributed by atoms with Crippen molar-refractivity contribution in [2.24, 2.45) is 5.92 Å². The molecule has 0 radical (unpaired) electrons. The molecule has 36 heavy (non-hydrogen) atoms. The second kappa shape index (κ2) is 11.8. The highest BCUT2D eigenvalue weighted by molar-refractivity contribution is 7.89. The molecule has 2 aromatic carbocycles. The summed E-state index contributed by atoms with van der Waals surface area (Å²) in [7, 11) is 0.502. The van der Waals surface area contributed by atoms with E-state index in [-0.39, 0.29) is 48.0 Å². The number of nitrogens with one attached hydrogen (secondary N) is 1. The summed E-state index contributed by atoms with van der Waals surface area (Å²) in [6.07, 6.45) is 3.89. The van der Waals surface area contributed by atoms with Crippen LogP contribution in [0, 0.1) is 11.7 Å². The average Bonchev–Trinajstić information content (AvgIpc) is 3.35. The normalized spacial score (nSPS) is 24.1. The van der Waals surface area contributed by atoms with Gasteiger partial charge in [0.25, 0.3) is 0 Å². The Kier molecular flexibility index (Phi) is 8.77. The Labute approximate surface area is 213 Å². The molecule has 4 rings (SSSR count). The molecule has 2 aromatic rings. The number of ether oxygens (including phenoxy) is 1. The minimum absolute atomic E-state index is 0.0760. The van der Waals surface area contributed by atoms with Gasteiger partial charge in [-0.25, -0.2) is 12.8 Å². The molecule has 0 bridgehead atoms. The third kappa shape index (κ3) is 6.51. The van der Waals surface area contributed by atoms with Gasteiger partial charge in [-0.15, -0.1) is 0 Å². The number of rotatable bonds is 9. The lowest BCUT2D eigenvalue weighted by Crippen LogP contribution is -2.42. The molecule has 9 heteroatoms. The second-order valence-corrected chi connectivity index (χ2v) is 12.0. The topological polar surface area (TPSA) is 79.0 Å². The Morgan fingerprint density at radius 3 is 2.47 bits per heavy atom. The first-order valence-electron chi connectivity index (χ1n) is 12.6. The third-order valence-electron chi connectivity index (χ3n) is 7.27. The monoisotopic (exact) mass is 517 g/mol. The van der Waals surface area contributed by atoms with Crippen LogP contribution in [0.3, 0.4) is 0 Å². The van der Waals surface area contributed by atoms with Gasteiger partial charge in [-0.05, 0) is 81.9 Å². The zero-order valence-corrected chi connectivity index (χ0v) is 21.8. The second-order valence-electron chi connectivity index (χ2n) is 10.0. The standard InChI is InChI=1S/C27H36FN3O4S/c1-30(2)27(21-7-6-8-22(28)17-21)20-11-13-23(14-12-20)29-26(32)19-35-24-15-16-31(18-24)36(33,34)25-9-4-3-5-10-25/h3-10,17,20,23-24,27H,11-16,18-19H2,1-2H3,(H,29,32). The van der Waals surface area contributed by atoms with E-state index in [1.165, 1.54) is 10.4 Å². The fourth-order valence-electron chi connectivity index (χ4n) is 5.52. The van der Waals surface area contributed by atoms with Crippen LogP contribution in [0.4, 0.5) is 4.39 Å². The minimum Gasteiger partial charge on any atom is -0.367 e. The largest absolute Gasteiger partial charge is 0.367 e. The van der Waals surface area contributed by atoms with E-state index in [1.54, 1.807) is 42.5 Å². The smallest absolute Gasteiger partial charge is 0.246 e. The van der Waals surface area contributed by atoms with Gasteiger partial charge < -0.3 is 15.0 Å². The molecule has 1 aliphatic carbocycles. The summed E-state index contributed by atoms with van der Waals surface area (Å²) in [6, 6.07) is 15.4. The lowest BCUT2D eigenvalue weighted by Gasteiger charge is -2.37. The lowest BCUT2D eigenvalue weighted by molar-refractivity contribution is -0.128. The molecule has 196 valence electrons. The molecule has 1 N–H and O–H groups in total. The molecular formula is C27H36FN3O4S. The van der Waals surface area contributed by atoms with Gasteiger partial charge in [0.2, 0.25) is 15.9 Å². The highest BCUT2D eigenvalue weighted by atomic mass is 32.2. The Balaban J connectivity index is 1.21. The van der Waals surface area contributed by atoms with Crippen molar-refractivity contribution < 1.29 is 22.3 Å². The SMILES string of the molecule is CN(C)C(c1cccc(F)c1)C1CCC(NC(=O)COC2CCN(S(=O)(=O)c3ccccc3)C2)CC1. The van der Waals surface area contributed by atoms with Gasteiger partial charge in [0, 0.05) is 25.2 Å². The fraction of sp³-hybridized carbons (Fsp3) is 0.519. The van der Waals surface area contributed by atoms with Crippen molar-refractivity contribution in [2.45, 2.75) is 55.2 Å². The van der Waals surface area contributed by atoms with Crippen LogP contribution in [0.5, 0.6) is 0 Å². The number of carbonyl (C=O) groups excluding carboxylic acids is 1. The van der Waals surface area contributed by atoms with E-state index in [4.69, 9.17) is 4.74 Å². The molecule has 1 saturated heterocycles. The van der Waals surface area contributed by atoms with E-state index in [9.17, 15) is 17.6 Å². The van der Waals surface area contributed by atoms with Gasteiger partial charge in [0.05, 0.1) is 11.0 Å². The molecule has 2 aliphatic rings. The first kappa shape index (κ1) is 26.7. The zero-order chi connectivity index (χ0) is 25.7.